The molecule has 43 heavy (non-hydrogen) atoms. The summed E-state index contributed by atoms with van der Waals surface area (Å²) in [6, 6.07) is 20.3. The Morgan fingerprint density at radius 3 is 2.28 bits per heavy atom. The van der Waals surface area contributed by atoms with Gasteiger partial charge in [-0.25, -0.2) is 18.4 Å². The highest BCUT2D eigenvalue weighted by Crippen LogP contribution is 2.39. The number of hydrogen-bond donors (Lipinski definition) is 2. The first-order chi connectivity index (χ1) is 20.5. The molecule has 3 aromatic rings. The van der Waals surface area contributed by atoms with Gasteiger partial charge in [0.1, 0.15) is 5.75 Å². The zero-order valence-electron chi connectivity index (χ0n) is 25.1. The Labute approximate surface area is 254 Å². The maximum Gasteiger partial charge on any atom is 0.415 e. The molecule has 9 heteroatoms. The number of nitrogens with zero attached hydrogens (tertiary/aromatic N) is 1. The van der Waals surface area contributed by atoms with Crippen LogP contribution in [-0.4, -0.2) is 31.4 Å². The predicted molar refractivity (Wildman–Crippen MR) is 166 cm³/mol. The van der Waals surface area contributed by atoms with E-state index in [-0.39, 0.29) is 40.8 Å². The lowest BCUT2D eigenvalue weighted by Crippen LogP contribution is -2.37. The number of carbonyl (C=O) groups is 2. The monoisotopic (exact) mass is 603 g/mol. The van der Waals surface area contributed by atoms with E-state index in [0.717, 1.165) is 66.3 Å². The Bertz CT molecular complexity index is 1570. The van der Waals surface area contributed by atoms with Crippen LogP contribution in [-0.2, 0) is 21.4 Å². The molecule has 0 aliphatic heterocycles. The van der Waals surface area contributed by atoms with Crippen LogP contribution in [0, 0.1) is 19.8 Å². The van der Waals surface area contributed by atoms with Crippen molar-refractivity contribution in [3.05, 3.63) is 94.5 Å². The largest absolute Gasteiger partial charge is 0.415 e. The van der Waals surface area contributed by atoms with Gasteiger partial charge in [-0.3, -0.25) is 4.79 Å². The molecule has 2 aliphatic rings. The molecule has 0 radical (unpaired) electrons. The van der Waals surface area contributed by atoms with Crippen molar-refractivity contribution in [2.45, 2.75) is 88.7 Å². The Balaban J connectivity index is 1.24. The molecule has 3 atom stereocenters. The van der Waals surface area contributed by atoms with E-state index in [4.69, 9.17) is 9.88 Å². The molecule has 8 nitrogen and oxygen atoms in total. The number of rotatable bonds is 9. The lowest BCUT2D eigenvalue weighted by Gasteiger charge is -2.32. The van der Waals surface area contributed by atoms with Gasteiger partial charge in [0.15, 0.2) is 0 Å². The van der Waals surface area contributed by atoms with Crippen LogP contribution in [0.3, 0.4) is 0 Å². The van der Waals surface area contributed by atoms with Crippen LogP contribution in [0.15, 0.2) is 71.6 Å². The van der Waals surface area contributed by atoms with Crippen molar-refractivity contribution < 1.29 is 22.7 Å². The third kappa shape index (κ3) is 7.46. The second-order valence-corrected chi connectivity index (χ2v) is 13.6. The van der Waals surface area contributed by atoms with Crippen molar-refractivity contribution in [2.24, 2.45) is 11.1 Å². The highest BCUT2D eigenvalue weighted by molar-refractivity contribution is 7.89. The fourth-order valence-electron chi connectivity index (χ4n) is 5.98. The van der Waals surface area contributed by atoms with E-state index < -0.39 is 10.0 Å². The van der Waals surface area contributed by atoms with Crippen molar-refractivity contribution >= 4 is 22.0 Å². The minimum Gasteiger partial charge on any atom is -0.410 e. The third-order valence-corrected chi connectivity index (χ3v) is 9.83. The predicted octanol–water partition coefficient (Wildman–Crippen LogP) is 6.27. The number of benzene rings is 3. The minimum absolute atomic E-state index is 0.00546. The van der Waals surface area contributed by atoms with E-state index in [0.29, 0.717) is 12.3 Å². The normalized spacial score (nSPS) is 19.3. The smallest absolute Gasteiger partial charge is 0.410 e. The van der Waals surface area contributed by atoms with Gasteiger partial charge in [0.25, 0.3) is 0 Å². The Morgan fingerprint density at radius 2 is 1.63 bits per heavy atom. The van der Waals surface area contributed by atoms with Crippen LogP contribution in [0.2, 0.25) is 0 Å². The molecule has 3 N–H and O–H groups in total. The summed E-state index contributed by atoms with van der Waals surface area (Å²) in [7, 11) is -3.77. The van der Waals surface area contributed by atoms with Crippen LogP contribution >= 0.6 is 0 Å². The summed E-state index contributed by atoms with van der Waals surface area (Å²) >= 11 is 0. The summed E-state index contributed by atoms with van der Waals surface area (Å²) in [5.41, 5.74) is 5.03. The molecule has 2 saturated carbocycles. The number of hydrogen-bond acceptors (Lipinski definition) is 5. The van der Waals surface area contributed by atoms with Gasteiger partial charge in [0, 0.05) is 18.5 Å². The topological polar surface area (TPSA) is 119 Å². The molecule has 2 aliphatic carbocycles. The van der Waals surface area contributed by atoms with Gasteiger partial charge in [0.2, 0.25) is 15.9 Å². The van der Waals surface area contributed by atoms with E-state index in [1.807, 2.05) is 43.9 Å². The molecular weight excluding hydrogens is 562 g/mol. The van der Waals surface area contributed by atoms with Gasteiger partial charge in [-0.15, -0.1) is 0 Å². The number of aryl methyl sites for hydroxylation is 1. The SMILES string of the molecule is Cc1cccc(OC(=O)N(Cc2ccc([C@H]3CCCC[C@@H]3C(=O)NC(C)c3ccc(S(N)(=O)=O)cc3)cc2)C2CC2)c1C. The van der Waals surface area contributed by atoms with Gasteiger partial charge >= 0.3 is 6.09 Å². The summed E-state index contributed by atoms with van der Waals surface area (Å²) in [6.07, 6.45) is 5.46. The summed E-state index contributed by atoms with van der Waals surface area (Å²) in [4.78, 5) is 28.5. The first-order valence-corrected chi connectivity index (χ1v) is 16.6. The van der Waals surface area contributed by atoms with Crippen LogP contribution in [0.5, 0.6) is 5.75 Å². The fraction of sp³-hybridized carbons (Fsp3) is 0.412. The van der Waals surface area contributed by atoms with Crippen LogP contribution in [0.4, 0.5) is 4.79 Å². The Hall–Kier alpha value is -3.69. The Morgan fingerprint density at radius 1 is 0.953 bits per heavy atom. The number of nitrogens with one attached hydrogen (secondary N) is 1. The fourth-order valence-corrected chi connectivity index (χ4v) is 6.49. The number of primary sulfonamides is 1. The summed E-state index contributed by atoms with van der Waals surface area (Å²) < 4.78 is 29.0. The minimum atomic E-state index is -3.77. The third-order valence-electron chi connectivity index (χ3n) is 8.91. The van der Waals surface area contributed by atoms with Crippen molar-refractivity contribution in [1.29, 1.82) is 0 Å². The van der Waals surface area contributed by atoms with Crippen LogP contribution in [0.1, 0.15) is 85.2 Å². The average molecular weight is 604 g/mol. The van der Waals surface area contributed by atoms with E-state index >= 15 is 0 Å². The van der Waals surface area contributed by atoms with E-state index in [1.54, 1.807) is 12.1 Å². The number of amides is 2. The second-order valence-electron chi connectivity index (χ2n) is 12.0. The first-order valence-electron chi connectivity index (χ1n) is 15.1. The van der Waals surface area contributed by atoms with Crippen LogP contribution in [0.25, 0.3) is 0 Å². The molecule has 0 heterocycles. The molecule has 2 amide bonds. The first kappa shape index (κ1) is 30.8. The maximum atomic E-state index is 13.5. The van der Waals surface area contributed by atoms with Crippen molar-refractivity contribution in [2.75, 3.05) is 0 Å². The average Bonchev–Trinajstić information content (AvgIpc) is 3.83. The Kier molecular flexibility index (Phi) is 9.22. The van der Waals surface area contributed by atoms with E-state index in [1.165, 1.54) is 12.1 Å². The highest BCUT2D eigenvalue weighted by atomic mass is 32.2. The van der Waals surface area contributed by atoms with E-state index in [2.05, 4.69) is 29.6 Å². The zero-order valence-corrected chi connectivity index (χ0v) is 25.9. The number of nitrogens with two attached hydrogens (primary N) is 1. The zero-order chi connectivity index (χ0) is 30.7. The molecule has 0 spiro atoms. The molecular formula is C34H41N3O5S. The standard InChI is InChI=1S/C34H41N3O5S/c1-22-7-6-10-32(23(22)2)42-34(39)37(28-17-18-28)21-25-11-13-27(14-12-25)30-8-4-5-9-31(30)33(38)36-24(3)26-15-19-29(20-16-26)43(35,40)41/h6-7,10-16,19-20,24,28,30-31H,4-5,8-9,17-18,21H2,1-3H3,(H,36,38)(H2,35,40,41)/t24?,30-,31+/m1/s1. The quantitative estimate of drug-likeness (QED) is 0.299. The van der Waals surface area contributed by atoms with Gasteiger partial charge in [-0.1, -0.05) is 61.4 Å². The van der Waals surface area contributed by atoms with Crippen molar-refractivity contribution in [3.63, 3.8) is 0 Å². The van der Waals surface area contributed by atoms with E-state index in [9.17, 15) is 18.0 Å². The summed E-state index contributed by atoms with van der Waals surface area (Å²) in [5, 5.41) is 8.35. The lowest BCUT2D eigenvalue weighted by molar-refractivity contribution is -0.127. The number of carbonyl (C=O) groups excluding carboxylic acids is 2. The number of ether oxygens (including phenoxy) is 1. The number of sulfonamides is 1. The van der Waals surface area contributed by atoms with Crippen LogP contribution < -0.4 is 15.2 Å². The van der Waals surface area contributed by atoms with Gasteiger partial charge in [-0.2, -0.15) is 0 Å². The second kappa shape index (κ2) is 12.9. The summed E-state index contributed by atoms with van der Waals surface area (Å²) in [6.45, 7) is 6.34. The van der Waals surface area contributed by atoms with Gasteiger partial charge in [0.05, 0.1) is 10.9 Å². The molecule has 2 fully saturated rings. The molecule has 0 saturated heterocycles. The summed E-state index contributed by atoms with van der Waals surface area (Å²) in [5.74, 6) is 0.558. The molecule has 5 rings (SSSR count). The van der Waals surface area contributed by atoms with Gasteiger partial charge < -0.3 is 15.0 Å². The highest BCUT2D eigenvalue weighted by Gasteiger charge is 2.35. The van der Waals surface area contributed by atoms with Gasteiger partial charge in [-0.05, 0) is 98.4 Å². The van der Waals surface area contributed by atoms with Crippen molar-refractivity contribution in [3.8, 4) is 5.75 Å². The maximum absolute atomic E-state index is 13.5. The van der Waals surface area contributed by atoms with Crippen molar-refractivity contribution in [1.82, 2.24) is 10.2 Å². The molecule has 1 unspecified atom stereocenters. The molecule has 0 bridgehead atoms. The molecule has 228 valence electrons. The molecule has 3 aromatic carbocycles. The lowest BCUT2D eigenvalue weighted by atomic mass is 9.74. The molecule has 0 aromatic heterocycles.